The van der Waals surface area contributed by atoms with Gasteiger partial charge in [-0.05, 0) is 39.2 Å². The highest BCUT2D eigenvalue weighted by Crippen LogP contribution is 2.26. The predicted octanol–water partition coefficient (Wildman–Crippen LogP) is 3.55. The number of aromatic nitrogens is 2. The lowest BCUT2D eigenvalue weighted by atomic mass is 10.3. The zero-order chi connectivity index (χ0) is 13.3. The molecule has 98 valence electrons. The van der Waals surface area contributed by atoms with Gasteiger partial charge in [-0.2, -0.15) is 0 Å². The van der Waals surface area contributed by atoms with Crippen LogP contribution in [0.3, 0.4) is 0 Å². The normalized spacial score (nSPS) is 13.4. The molecular weight excluding hydrogens is 269 g/mol. The van der Waals surface area contributed by atoms with E-state index >= 15 is 0 Å². The maximum absolute atomic E-state index is 6.20. The van der Waals surface area contributed by atoms with Crippen molar-refractivity contribution in [1.82, 2.24) is 14.5 Å². The van der Waals surface area contributed by atoms with E-state index < -0.39 is 0 Å². The van der Waals surface area contributed by atoms with Crippen molar-refractivity contribution in [3.05, 3.63) is 29.0 Å². The van der Waals surface area contributed by atoms with Gasteiger partial charge in [-0.25, -0.2) is 4.98 Å². The van der Waals surface area contributed by atoms with Crippen LogP contribution in [0.4, 0.5) is 0 Å². The molecule has 0 saturated carbocycles. The van der Waals surface area contributed by atoms with Gasteiger partial charge in [0.2, 0.25) is 0 Å². The number of fused-ring (bicyclic) bond motifs is 1. The number of nitrogens with zero attached hydrogens (tertiary/aromatic N) is 3. The number of benzene rings is 1. The van der Waals surface area contributed by atoms with Gasteiger partial charge in [0, 0.05) is 18.1 Å². The van der Waals surface area contributed by atoms with Gasteiger partial charge < -0.3 is 9.47 Å². The fourth-order valence-electron chi connectivity index (χ4n) is 1.96. The van der Waals surface area contributed by atoms with Gasteiger partial charge in [-0.1, -0.05) is 11.6 Å². The molecule has 0 aliphatic rings. The monoisotopic (exact) mass is 285 g/mol. The molecule has 3 nitrogen and oxygen atoms in total. The molecule has 0 aliphatic carbocycles. The minimum atomic E-state index is -0.113. The maximum atomic E-state index is 6.20. The molecule has 0 radical (unpaired) electrons. The van der Waals surface area contributed by atoms with Gasteiger partial charge >= 0.3 is 0 Å². The van der Waals surface area contributed by atoms with Gasteiger partial charge in [0.05, 0.1) is 16.4 Å². The molecule has 2 aromatic rings. The summed E-state index contributed by atoms with van der Waals surface area (Å²) in [4.78, 5) is 6.72. The SMILES string of the molecule is CC(Cl)c1nc2cc(Cl)ccc2n1CCN(C)C. The smallest absolute Gasteiger partial charge is 0.127 e. The average molecular weight is 286 g/mol. The summed E-state index contributed by atoms with van der Waals surface area (Å²) in [6.07, 6.45) is 0. The molecule has 0 amide bonds. The summed E-state index contributed by atoms with van der Waals surface area (Å²) in [7, 11) is 4.11. The van der Waals surface area contributed by atoms with E-state index in [1.165, 1.54) is 0 Å². The molecule has 0 N–H and O–H groups in total. The van der Waals surface area contributed by atoms with Crippen LogP contribution in [0.5, 0.6) is 0 Å². The summed E-state index contributed by atoms with van der Waals surface area (Å²) in [6.45, 7) is 3.76. The quantitative estimate of drug-likeness (QED) is 0.801. The van der Waals surface area contributed by atoms with E-state index in [1.807, 2.05) is 25.1 Å². The van der Waals surface area contributed by atoms with E-state index in [4.69, 9.17) is 23.2 Å². The summed E-state index contributed by atoms with van der Waals surface area (Å²) in [5, 5.41) is 0.590. The molecule has 0 bridgehead atoms. The fraction of sp³-hybridized carbons (Fsp3) is 0.462. The summed E-state index contributed by atoms with van der Waals surface area (Å²) >= 11 is 12.2. The zero-order valence-corrected chi connectivity index (χ0v) is 12.3. The summed E-state index contributed by atoms with van der Waals surface area (Å²) in [5.74, 6) is 0.899. The average Bonchev–Trinajstić information content (AvgIpc) is 2.64. The summed E-state index contributed by atoms with van der Waals surface area (Å²) in [5.41, 5.74) is 1.99. The molecule has 2 rings (SSSR count). The van der Waals surface area contributed by atoms with Crippen LogP contribution >= 0.6 is 23.2 Å². The lowest BCUT2D eigenvalue weighted by Crippen LogP contribution is -2.19. The van der Waals surface area contributed by atoms with Crippen molar-refractivity contribution in [3.63, 3.8) is 0 Å². The number of alkyl halides is 1. The molecule has 1 aromatic carbocycles. The van der Waals surface area contributed by atoms with E-state index in [2.05, 4.69) is 28.5 Å². The molecule has 1 unspecified atom stereocenters. The van der Waals surface area contributed by atoms with Gasteiger partial charge in [0.15, 0.2) is 0 Å². The van der Waals surface area contributed by atoms with Crippen LogP contribution in [0.15, 0.2) is 18.2 Å². The van der Waals surface area contributed by atoms with Crippen molar-refractivity contribution in [2.24, 2.45) is 0 Å². The number of imidazole rings is 1. The Morgan fingerprint density at radius 1 is 1.39 bits per heavy atom. The second-order valence-corrected chi connectivity index (χ2v) is 5.77. The van der Waals surface area contributed by atoms with Gasteiger partial charge in [-0.15, -0.1) is 11.6 Å². The number of hydrogen-bond donors (Lipinski definition) is 0. The summed E-state index contributed by atoms with van der Waals surface area (Å²) < 4.78 is 2.17. The molecule has 1 heterocycles. The largest absolute Gasteiger partial charge is 0.325 e. The van der Waals surface area contributed by atoms with Crippen LogP contribution in [-0.4, -0.2) is 35.1 Å². The maximum Gasteiger partial charge on any atom is 0.127 e. The first-order chi connectivity index (χ1) is 8.49. The van der Waals surface area contributed by atoms with Gasteiger partial charge in [-0.3, -0.25) is 0 Å². The van der Waals surface area contributed by atoms with E-state index in [-0.39, 0.29) is 5.38 Å². The van der Waals surface area contributed by atoms with Crippen LogP contribution in [0.25, 0.3) is 11.0 Å². The van der Waals surface area contributed by atoms with Crippen molar-refractivity contribution < 1.29 is 0 Å². The molecule has 0 aliphatic heterocycles. The van der Waals surface area contributed by atoms with Crippen molar-refractivity contribution in [2.45, 2.75) is 18.8 Å². The first-order valence-electron chi connectivity index (χ1n) is 5.93. The number of rotatable bonds is 4. The van der Waals surface area contributed by atoms with Crippen LogP contribution < -0.4 is 0 Å². The Labute approximate surface area is 117 Å². The second-order valence-electron chi connectivity index (χ2n) is 4.67. The van der Waals surface area contributed by atoms with Crippen molar-refractivity contribution in [3.8, 4) is 0 Å². The standard InChI is InChI=1S/C13H17Cl2N3/c1-9(14)13-16-11-8-10(15)4-5-12(11)18(13)7-6-17(2)3/h4-5,8-9H,6-7H2,1-3H3. The van der Waals surface area contributed by atoms with Crippen LogP contribution in [0, 0.1) is 0 Å². The molecule has 0 fully saturated rings. The highest BCUT2D eigenvalue weighted by molar-refractivity contribution is 6.31. The number of halogens is 2. The van der Waals surface area contributed by atoms with Gasteiger partial charge in [0.25, 0.3) is 0 Å². The number of likely N-dealkylation sites (N-methyl/N-ethyl adjacent to an activating group) is 1. The zero-order valence-electron chi connectivity index (χ0n) is 10.8. The highest BCUT2D eigenvalue weighted by atomic mass is 35.5. The Kier molecular flexibility index (Phi) is 4.15. The molecule has 1 atom stereocenters. The molecule has 1 aromatic heterocycles. The minimum absolute atomic E-state index is 0.113. The third kappa shape index (κ3) is 2.79. The molecule has 18 heavy (non-hydrogen) atoms. The van der Waals surface area contributed by atoms with E-state index in [0.29, 0.717) is 5.02 Å². The third-order valence-electron chi connectivity index (χ3n) is 2.87. The second kappa shape index (κ2) is 5.47. The Morgan fingerprint density at radius 2 is 2.11 bits per heavy atom. The lowest BCUT2D eigenvalue weighted by molar-refractivity contribution is 0.383. The fourth-order valence-corrected chi connectivity index (χ4v) is 2.29. The van der Waals surface area contributed by atoms with Crippen molar-refractivity contribution >= 4 is 34.2 Å². The lowest BCUT2D eigenvalue weighted by Gasteiger charge is -2.14. The molecule has 0 spiro atoms. The van der Waals surface area contributed by atoms with Crippen LogP contribution in [0.2, 0.25) is 5.02 Å². The minimum Gasteiger partial charge on any atom is -0.325 e. The molecular formula is C13H17Cl2N3. The molecule has 5 heteroatoms. The van der Waals surface area contributed by atoms with E-state index in [0.717, 1.165) is 29.9 Å². The van der Waals surface area contributed by atoms with Crippen molar-refractivity contribution in [2.75, 3.05) is 20.6 Å². The van der Waals surface area contributed by atoms with E-state index in [9.17, 15) is 0 Å². The Balaban J connectivity index is 2.48. The van der Waals surface area contributed by atoms with Crippen LogP contribution in [-0.2, 0) is 6.54 Å². The Bertz CT molecular complexity index is 546. The Hall–Kier alpha value is -0.770. The molecule has 0 saturated heterocycles. The van der Waals surface area contributed by atoms with Crippen molar-refractivity contribution in [1.29, 1.82) is 0 Å². The third-order valence-corrected chi connectivity index (χ3v) is 3.30. The number of hydrogen-bond acceptors (Lipinski definition) is 2. The topological polar surface area (TPSA) is 21.1 Å². The van der Waals surface area contributed by atoms with Gasteiger partial charge in [0.1, 0.15) is 5.82 Å². The highest BCUT2D eigenvalue weighted by Gasteiger charge is 2.14. The van der Waals surface area contributed by atoms with Crippen LogP contribution in [0.1, 0.15) is 18.1 Å². The first-order valence-corrected chi connectivity index (χ1v) is 6.75. The predicted molar refractivity (Wildman–Crippen MR) is 77.6 cm³/mol. The van der Waals surface area contributed by atoms with E-state index in [1.54, 1.807) is 0 Å². The summed E-state index contributed by atoms with van der Waals surface area (Å²) in [6, 6.07) is 5.77. The Morgan fingerprint density at radius 3 is 2.72 bits per heavy atom. The first kappa shape index (κ1) is 13.7.